The molecule has 1 saturated heterocycles. The zero-order valence-electron chi connectivity index (χ0n) is 12.9. The molecule has 0 aliphatic carbocycles. The van der Waals surface area contributed by atoms with Gasteiger partial charge in [0.2, 0.25) is 10.0 Å². The summed E-state index contributed by atoms with van der Waals surface area (Å²) in [5, 5.41) is 0.753. The van der Waals surface area contributed by atoms with E-state index in [9.17, 15) is 8.42 Å². The van der Waals surface area contributed by atoms with Gasteiger partial charge in [-0.3, -0.25) is 0 Å². The summed E-state index contributed by atoms with van der Waals surface area (Å²) in [6.07, 6.45) is 5.06. The molecular weight excluding hydrogens is 308 g/mol. The van der Waals surface area contributed by atoms with Crippen molar-refractivity contribution in [3.8, 4) is 0 Å². The molecule has 6 nitrogen and oxygen atoms in total. The number of likely N-dealkylation sites (N-methyl/N-ethyl adjacent to an activating group) is 1. The Bertz CT molecular complexity index is 606. The second kappa shape index (κ2) is 6.50. The molecule has 1 aliphatic heterocycles. The summed E-state index contributed by atoms with van der Waals surface area (Å²) < 4.78 is 24.9. The van der Waals surface area contributed by atoms with Crippen molar-refractivity contribution in [3.05, 3.63) is 11.8 Å². The van der Waals surface area contributed by atoms with E-state index in [4.69, 9.17) is 0 Å². The molecule has 1 aromatic heterocycles. The van der Waals surface area contributed by atoms with Crippen LogP contribution in [0.2, 0.25) is 0 Å². The Balaban J connectivity index is 2.20. The van der Waals surface area contributed by atoms with Crippen molar-refractivity contribution < 1.29 is 8.42 Å². The smallest absolute Gasteiger partial charge is 0.211 e. The van der Waals surface area contributed by atoms with Crippen LogP contribution in [0.1, 0.15) is 18.5 Å². The average molecular weight is 330 g/mol. The van der Waals surface area contributed by atoms with Crippen LogP contribution in [0, 0.1) is 6.92 Å². The van der Waals surface area contributed by atoms with Gasteiger partial charge in [-0.2, -0.15) is 0 Å². The molecule has 118 valence electrons. The zero-order valence-corrected chi connectivity index (χ0v) is 14.5. The minimum absolute atomic E-state index is 0.00162. The summed E-state index contributed by atoms with van der Waals surface area (Å²) >= 11 is 1.52. The summed E-state index contributed by atoms with van der Waals surface area (Å²) in [4.78, 5) is 11.1. The van der Waals surface area contributed by atoms with Gasteiger partial charge in [0.1, 0.15) is 5.82 Å². The molecule has 8 heteroatoms. The first-order valence-electron chi connectivity index (χ1n) is 6.89. The number of rotatable bonds is 4. The molecule has 0 saturated carbocycles. The number of sulfonamides is 1. The fourth-order valence-electron chi connectivity index (χ4n) is 2.51. The van der Waals surface area contributed by atoms with Crippen LogP contribution in [-0.2, 0) is 10.0 Å². The van der Waals surface area contributed by atoms with Crippen molar-refractivity contribution in [1.29, 1.82) is 0 Å². The van der Waals surface area contributed by atoms with Gasteiger partial charge in [0.15, 0.2) is 5.16 Å². The summed E-state index contributed by atoms with van der Waals surface area (Å²) in [7, 11) is -1.50. The van der Waals surface area contributed by atoms with Crippen LogP contribution in [0.25, 0.3) is 0 Å². The normalized spacial score (nSPS) is 20.0. The lowest BCUT2D eigenvalue weighted by atomic mass is 10.1. The zero-order chi connectivity index (χ0) is 15.6. The van der Waals surface area contributed by atoms with E-state index in [1.54, 1.807) is 7.05 Å². The van der Waals surface area contributed by atoms with E-state index < -0.39 is 10.0 Å². The lowest BCUT2D eigenvalue weighted by Crippen LogP contribution is -2.48. The second-order valence-corrected chi connectivity index (χ2v) is 8.19. The third kappa shape index (κ3) is 4.08. The van der Waals surface area contributed by atoms with Crippen molar-refractivity contribution in [2.24, 2.45) is 0 Å². The number of nitrogens with zero attached hydrogens (tertiary/aromatic N) is 4. The maximum Gasteiger partial charge on any atom is 0.211 e. The molecule has 0 amide bonds. The number of thioether (sulfide) groups is 1. The van der Waals surface area contributed by atoms with Crippen LogP contribution < -0.4 is 4.90 Å². The standard InChI is InChI=1S/C13H22N4O2S2/c1-10-8-12(15-13(14-10)20-3)17-7-5-6-11(9-17)16(2)21(4,18)19/h8,11H,5-7,9H2,1-4H3. The number of aryl methyl sites for hydroxylation is 1. The Labute approximate surface area is 131 Å². The van der Waals surface area contributed by atoms with Crippen LogP contribution in [0.15, 0.2) is 11.2 Å². The van der Waals surface area contributed by atoms with Crippen molar-refractivity contribution in [1.82, 2.24) is 14.3 Å². The van der Waals surface area contributed by atoms with E-state index in [0.717, 1.165) is 36.1 Å². The third-order valence-electron chi connectivity index (χ3n) is 3.76. The molecule has 2 rings (SSSR count). The van der Waals surface area contributed by atoms with Crippen LogP contribution in [0.3, 0.4) is 0 Å². The van der Waals surface area contributed by atoms with Crippen molar-refractivity contribution in [2.45, 2.75) is 31.0 Å². The highest BCUT2D eigenvalue weighted by Crippen LogP contribution is 2.23. The topological polar surface area (TPSA) is 66.4 Å². The van der Waals surface area contributed by atoms with Crippen LogP contribution in [-0.4, -0.2) is 61.4 Å². The van der Waals surface area contributed by atoms with Gasteiger partial charge >= 0.3 is 0 Å². The lowest BCUT2D eigenvalue weighted by molar-refractivity contribution is 0.321. The Hall–Kier alpha value is -0.860. The predicted molar refractivity (Wildman–Crippen MR) is 86.4 cm³/mol. The first-order valence-corrected chi connectivity index (χ1v) is 9.96. The van der Waals surface area contributed by atoms with E-state index >= 15 is 0 Å². The third-order valence-corrected chi connectivity index (χ3v) is 5.65. The molecule has 0 radical (unpaired) electrons. The maximum absolute atomic E-state index is 11.7. The molecule has 2 heterocycles. The van der Waals surface area contributed by atoms with Crippen molar-refractivity contribution in [3.63, 3.8) is 0 Å². The number of hydrogen-bond acceptors (Lipinski definition) is 6. The molecule has 1 atom stereocenters. The molecule has 1 unspecified atom stereocenters. The Morgan fingerprint density at radius 1 is 1.43 bits per heavy atom. The monoisotopic (exact) mass is 330 g/mol. The summed E-state index contributed by atoms with van der Waals surface area (Å²) in [5.74, 6) is 0.887. The van der Waals surface area contributed by atoms with Gasteiger partial charge in [-0.15, -0.1) is 0 Å². The molecule has 1 fully saturated rings. The average Bonchev–Trinajstić information content (AvgIpc) is 2.45. The van der Waals surface area contributed by atoms with E-state index in [-0.39, 0.29) is 6.04 Å². The maximum atomic E-state index is 11.7. The van der Waals surface area contributed by atoms with Crippen LogP contribution >= 0.6 is 11.8 Å². The number of anilines is 1. The van der Waals surface area contributed by atoms with Crippen molar-refractivity contribution in [2.75, 3.05) is 37.5 Å². The van der Waals surface area contributed by atoms with Gasteiger partial charge in [0, 0.05) is 37.9 Å². The van der Waals surface area contributed by atoms with E-state index in [1.165, 1.54) is 22.3 Å². The van der Waals surface area contributed by atoms with Gasteiger partial charge in [-0.25, -0.2) is 22.7 Å². The molecule has 0 bridgehead atoms. The predicted octanol–water partition coefficient (Wildman–Crippen LogP) is 1.37. The Morgan fingerprint density at radius 2 is 2.14 bits per heavy atom. The van der Waals surface area contributed by atoms with Gasteiger partial charge in [-0.1, -0.05) is 11.8 Å². The highest BCUT2D eigenvalue weighted by molar-refractivity contribution is 7.98. The SMILES string of the molecule is CSc1nc(C)cc(N2CCCC(N(C)S(C)(=O)=O)C2)n1. The molecule has 21 heavy (non-hydrogen) atoms. The van der Waals surface area contributed by atoms with Gasteiger partial charge in [0.05, 0.1) is 6.26 Å². The Kier molecular flexibility index (Phi) is 5.11. The van der Waals surface area contributed by atoms with Crippen LogP contribution in [0.5, 0.6) is 0 Å². The van der Waals surface area contributed by atoms with E-state index in [0.29, 0.717) is 6.54 Å². The molecular formula is C13H22N4O2S2. The van der Waals surface area contributed by atoms with Crippen LogP contribution in [0.4, 0.5) is 5.82 Å². The van der Waals surface area contributed by atoms with E-state index in [1.807, 2.05) is 19.2 Å². The van der Waals surface area contributed by atoms with Gasteiger partial charge < -0.3 is 4.90 Å². The first-order chi connectivity index (χ1) is 9.81. The lowest BCUT2D eigenvalue weighted by Gasteiger charge is -2.37. The van der Waals surface area contributed by atoms with Crippen molar-refractivity contribution >= 4 is 27.6 Å². The van der Waals surface area contributed by atoms with Gasteiger partial charge in [0.25, 0.3) is 0 Å². The highest BCUT2D eigenvalue weighted by Gasteiger charge is 2.28. The summed E-state index contributed by atoms with van der Waals surface area (Å²) in [6, 6.07) is 1.96. The molecule has 1 aliphatic rings. The first kappa shape index (κ1) is 16.5. The van der Waals surface area contributed by atoms with Gasteiger partial charge in [-0.05, 0) is 26.0 Å². The quantitative estimate of drug-likeness (QED) is 0.613. The number of aromatic nitrogens is 2. The second-order valence-electron chi connectivity index (χ2n) is 5.38. The molecule has 1 aromatic rings. The van der Waals surface area contributed by atoms with E-state index in [2.05, 4.69) is 14.9 Å². The fourth-order valence-corrected chi connectivity index (χ4v) is 3.64. The number of hydrogen-bond donors (Lipinski definition) is 0. The Morgan fingerprint density at radius 3 is 2.76 bits per heavy atom. The molecule has 0 spiro atoms. The molecule has 0 aromatic carbocycles. The largest absolute Gasteiger partial charge is 0.355 e. The summed E-state index contributed by atoms with van der Waals surface area (Å²) in [5.41, 5.74) is 0.933. The minimum Gasteiger partial charge on any atom is -0.355 e. The fraction of sp³-hybridized carbons (Fsp3) is 0.692. The molecule has 0 N–H and O–H groups in total. The minimum atomic E-state index is -3.16. The number of piperidine rings is 1. The highest BCUT2D eigenvalue weighted by atomic mass is 32.2. The summed E-state index contributed by atoms with van der Waals surface area (Å²) in [6.45, 7) is 3.53.